The van der Waals surface area contributed by atoms with Crippen molar-refractivity contribution < 1.29 is 0 Å². The summed E-state index contributed by atoms with van der Waals surface area (Å²) in [6.45, 7) is 0. The number of aromatic nitrogens is 2. The van der Waals surface area contributed by atoms with Gasteiger partial charge in [0.05, 0.1) is 0 Å². The summed E-state index contributed by atoms with van der Waals surface area (Å²) < 4.78 is 2.32. The van der Waals surface area contributed by atoms with E-state index in [4.69, 9.17) is 0 Å². The van der Waals surface area contributed by atoms with Crippen molar-refractivity contribution >= 4 is 0 Å². The van der Waals surface area contributed by atoms with Crippen LogP contribution in [0.15, 0.2) is 6.20 Å². The zero-order valence-corrected chi connectivity index (χ0v) is 10.5. The average molecular weight is 220 g/mol. The van der Waals surface area contributed by atoms with Gasteiger partial charge in [-0.3, -0.25) is 0 Å². The highest BCUT2D eigenvalue weighted by Crippen LogP contribution is 2.15. The smallest absolute Gasteiger partial charge is 0.108 e. The number of imidazole rings is 1. The largest absolute Gasteiger partial charge is 0.335 e. The van der Waals surface area contributed by atoms with Gasteiger partial charge in [-0.05, 0) is 19.3 Å². The molecule has 0 N–H and O–H groups in total. The number of fused-ring (bicyclic) bond motifs is 2. The summed E-state index contributed by atoms with van der Waals surface area (Å²) >= 11 is 0. The Hall–Kier alpha value is -0.790. The van der Waals surface area contributed by atoms with Gasteiger partial charge in [0.2, 0.25) is 0 Å². The zero-order chi connectivity index (χ0) is 11.2. The van der Waals surface area contributed by atoms with E-state index >= 15 is 0 Å². The zero-order valence-electron chi connectivity index (χ0n) is 10.5. The second kappa shape index (κ2) is 6.07. The molecule has 2 heterocycles. The minimum Gasteiger partial charge on any atom is -0.335 e. The maximum absolute atomic E-state index is 4.55. The molecule has 16 heavy (non-hydrogen) atoms. The molecule has 0 aliphatic carbocycles. The summed E-state index contributed by atoms with van der Waals surface area (Å²) in [6.07, 6.45) is 15.6. The maximum Gasteiger partial charge on any atom is 0.108 e. The molecule has 2 bridgehead atoms. The Labute approximate surface area is 99.1 Å². The van der Waals surface area contributed by atoms with Gasteiger partial charge in [-0.15, -0.1) is 0 Å². The molecule has 2 nitrogen and oxygen atoms in total. The van der Waals surface area contributed by atoms with Crippen LogP contribution in [-0.4, -0.2) is 9.55 Å². The molecular weight excluding hydrogens is 196 g/mol. The lowest BCUT2D eigenvalue weighted by Crippen LogP contribution is -2.02. The summed E-state index contributed by atoms with van der Waals surface area (Å²) in [5, 5.41) is 0. The molecule has 1 aromatic rings. The van der Waals surface area contributed by atoms with Crippen LogP contribution in [0, 0.1) is 0 Å². The van der Waals surface area contributed by atoms with Crippen LogP contribution in [0.1, 0.15) is 62.9 Å². The van der Waals surface area contributed by atoms with Crippen molar-refractivity contribution in [3.63, 3.8) is 0 Å². The lowest BCUT2D eigenvalue weighted by molar-refractivity contribution is 0.567. The SMILES string of the molecule is Cn1c2cnc1CCCCCCCCCC2. The fraction of sp³-hybridized carbons (Fsp3) is 0.786. The maximum atomic E-state index is 4.55. The minimum absolute atomic E-state index is 1.16. The van der Waals surface area contributed by atoms with Crippen molar-refractivity contribution in [2.24, 2.45) is 7.05 Å². The molecule has 0 saturated carbocycles. The van der Waals surface area contributed by atoms with E-state index in [0.29, 0.717) is 0 Å². The summed E-state index contributed by atoms with van der Waals surface area (Å²) in [7, 11) is 2.18. The highest BCUT2D eigenvalue weighted by atomic mass is 15.1. The van der Waals surface area contributed by atoms with Crippen LogP contribution in [0.4, 0.5) is 0 Å². The first-order valence-electron chi connectivity index (χ1n) is 6.87. The molecular formula is C14H24N2. The van der Waals surface area contributed by atoms with E-state index in [1.807, 2.05) is 0 Å². The first kappa shape index (κ1) is 11.7. The Morgan fingerprint density at radius 1 is 0.875 bits per heavy atom. The number of aryl methyl sites for hydroxylation is 2. The van der Waals surface area contributed by atoms with Gasteiger partial charge in [0, 0.05) is 25.4 Å². The summed E-state index contributed by atoms with van der Waals surface area (Å²) in [6, 6.07) is 0. The van der Waals surface area contributed by atoms with Gasteiger partial charge >= 0.3 is 0 Å². The molecule has 90 valence electrons. The third-order valence-electron chi connectivity index (χ3n) is 3.76. The molecule has 0 unspecified atom stereocenters. The molecule has 0 amide bonds. The van der Waals surface area contributed by atoms with E-state index in [2.05, 4.69) is 22.8 Å². The molecule has 0 atom stereocenters. The van der Waals surface area contributed by atoms with Crippen molar-refractivity contribution in [3.8, 4) is 0 Å². The van der Waals surface area contributed by atoms with Crippen molar-refractivity contribution in [2.45, 2.75) is 64.2 Å². The van der Waals surface area contributed by atoms with Crippen LogP contribution in [0.2, 0.25) is 0 Å². The first-order valence-corrected chi connectivity index (χ1v) is 6.87. The van der Waals surface area contributed by atoms with Gasteiger partial charge in [-0.25, -0.2) is 4.98 Å². The van der Waals surface area contributed by atoms with E-state index in [1.165, 1.54) is 69.3 Å². The van der Waals surface area contributed by atoms with Gasteiger partial charge in [0.1, 0.15) is 5.82 Å². The Morgan fingerprint density at radius 3 is 2.12 bits per heavy atom. The monoisotopic (exact) mass is 220 g/mol. The van der Waals surface area contributed by atoms with E-state index < -0.39 is 0 Å². The van der Waals surface area contributed by atoms with Gasteiger partial charge in [-0.2, -0.15) is 0 Å². The summed E-state index contributed by atoms with van der Waals surface area (Å²) in [5.41, 5.74) is 1.43. The Balaban J connectivity index is 1.98. The third kappa shape index (κ3) is 3.10. The van der Waals surface area contributed by atoms with Crippen LogP contribution in [0.25, 0.3) is 0 Å². The standard InChI is InChI=1S/C14H24N2/c1-16-13-10-8-6-4-2-3-5-7-9-11-14(16)15-12-13/h12H,2-11H2,1H3. The lowest BCUT2D eigenvalue weighted by Gasteiger charge is -2.05. The van der Waals surface area contributed by atoms with E-state index in [1.54, 1.807) is 0 Å². The summed E-state index contributed by atoms with van der Waals surface area (Å²) in [4.78, 5) is 4.55. The molecule has 0 saturated heterocycles. The molecule has 0 aromatic carbocycles. The molecule has 0 fully saturated rings. The number of rotatable bonds is 0. The van der Waals surface area contributed by atoms with Gasteiger partial charge in [0.25, 0.3) is 0 Å². The Bertz CT molecular complexity index is 285. The second-order valence-electron chi connectivity index (χ2n) is 5.05. The van der Waals surface area contributed by atoms with E-state index in [-0.39, 0.29) is 0 Å². The third-order valence-corrected chi connectivity index (χ3v) is 3.76. The Morgan fingerprint density at radius 2 is 1.44 bits per heavy atom. The molecule has 0 radical (unpaired) electrons. The number of nitrogens with zero attached hydrogens (tertiary/aromatic N) is 2. The lowest BCUT2D eigenvalue weighted by atomic mass is 10.1. The number of hydrogen-bond acceptors (Lipinski definition) is 1. The second-order valence-corrected chi connectivity index (χ2v) is 5.05. The normalized spacial score (nSPS) is 19.6. The van der Waals surface area contributed by atoms with Crippen molar-refractivity contribution in [2.75, 3.05) is 0 Å². The molecule has 1 aliphatic heterocycles. The van der Waals surface area contributed by atoms with Crippen LogP contribution in [0.5, 0.6) is 0 Å². The topological polar surface area (TPSA) is 17.8 Å². The van der Waals surface area contributed by atoms with Gasteiger partial charge < -0.3 is 4.57 Å². The molecule has 1 aliphatic rings. The van der Waals surface area contributed by atoms with Crippen LogP contribution >= 0.6 is 0 Å². The molecule has 2 heteroatoms. The molecule has 0 spiro atoms. The molecule has 2 rings (SSSR count). The number of hydrogen-bond donors (Lipinski definition) is 0. The van der Waals surface area contributed by atoms with Crippen LogP contribution < -0.4 is 0 Å². The average Bonchev–Trinajstić information content (AvgIpc) is 2.64. The van der Waals surface area contributed by atoms with Crippen LogP contribution in [0.3, 0.4) is 0 Å². The van der Waals surface area contributed by atoms with E-state index in [9.17, 15) is 0 Å². The molecule has 1 aromatic heterocycles. The van der Waals surface area contributed by atoms with Crippen molar-refractivity contribution in [1.29, 1.82) is 0 Å². The fourth-order valence-electron chi connectivity index (χ4n) is 2.60. The van der Waals surface area contributed by atoms with Crippen molar-refractivity contribution in [3.05, 3.63) is 17.7 Å². The minimum atomic E-state index is 1.16. The quantitative estimate of drug-likeness (QED) is 0.652. The highest BCUT2D eigenvalue weighted by Gasteiger charge is 2.06. The predicted molar refractivity (Wildman–Crippen MR) is 67.6 cm³/mol. The Kier molecular flexibility index (Phi) is 4.44. The fourth-order valence-corrected chi connectivity index (χ4v) is 2.60. The highest BCUT2D eigenvalue weighted by molar-refractivity contribution is 5.05. The first-order chi connectivity index (χ1) is 7.88. The predicted octanol–water partition coefficient (Wildman–Crippen LogP) is 3.64. The van der Waals surface area contributed by atoms with Crippen molar-refractivity contribution in [1.82, 2.24) is 9.55 Å². The van der Waals surface area contributed by atoms with Gasteiger partial charge in [0.15, 0.2) is 0 Å². The summed E-state index contributed by atoms with van der Waals surface area (Å²) in [5.74, 6) is 1.29. The van der Waals surface area contributed by atoms with Gasteiger partial charge in [-0.1, -0.05) is 38.5 Å². The van der Waals surface area contributed by atoms with E-state index in [0.717, 1.165) is 6.42 Å². The van der Waals surface area contributed by atoms with Crippen LogP contribution in [-0.2, 0) is 19.9 Å².